The summed E-state index contributed by atoms with van der Waals surface area (Å²) >= 11 is 0. The van der Waals surface area contributed by atoms with E-state index in [1.165, 1.54) is 0 Å². The Hall–Kier alpha value is -1.84. The number of benzene rings is 1. The first-order valence-corrected chi connectivity index (χ1v) is 8.57. The number of amides is 1. The molecule has 1 aromatic rings. The summed E-state index contributed by atoms with van der Waals surface area (Å²) in [6.07, 6.45) is 3.49. The molecule has 0 bridgehead atoms. The van der Waals surface area contributed by atoms with Crippen LogP contribution in [0.25, 0.3) is 0 Å². The zero-order valence-corrected chi connectivity index (χ0v) is 14.4. The van der Waals surface area contributed by atoms with Gasteiger partial charge in [-0.15, -0.1) is 0 Å². The van der Waals surface area contributed by atoms with Gasteiger partial charge in [-0.05, 0) is 49.9 Å². The zero-order valence-electron chi connectivity index (χ0n) is 14.4. The summed E-state index contributed by atoms with van der Waals surface area (Å²) in [5, 5.41) is 0. The number of nitrogens with zero attached hydrogens (tertiary/aromatic N) is 1. The van der Waals surface area contributed by atoms with Crippen LogP contribution in [-0.4, -0.2) is 36.8 Å². The summed E-state index contributed by atoms with van der Waals surface area (Å²) < 4.78 is 5.13. The van der Waals surface area contributed by atoms with Crippen molar-refractivity contribution < 1.29 is 14.3 Å². The molecule has 0 N–H and O–H groups in total. The molecule has 1 aromatic carbocycles. The number of carbonyl (C=O) groups is 2. The van der Waals surface area contributed by atoms with E-state index in [0.717, 1.165) is 38.0 Å². The Kier molecular flexibility index (Phi) is 6.20. The predicted molar refractivity (Wildman–Crippen MR) is 90.7 cm³/mol. The van der Waals surface area contributed by atoms with Crippen LogP contribution in [0.4, 0.5) is 0 Å². The SMILES string of the molecule is CCC(CC)C(=O)N1CCCC(C(=O)c2ccc(OC)cc2)C1. The molecule has 0 aromatic heterocycles. The molecule has 2 rings (SSSR count). The first-order chi connectivity index (χ1) is 11.1. The lowest BCUT2D eigenvalue weighted by atomic mass is 9.89. The molecule has 1 atom stereocenters. The van der Waals surface area contributed by atoms with Crippen LogP contribution in [-0.2, 0) is 4.79 Å². The Morgan fingerprint density at radius 2 is 1.87 bits per heavy atom. The lowest BCUT2D eigenvalue weighted by Crippen LogP contribution is -2.44. The van der Waals surface area contributed by atoms with Crippen molar-refractivity contribution in [3.63, 3.8) is 0 Å². The number of hydrogen-bond donors (Lipinski definition) is 0. The Morgan fingerprint density at radius 3 is 2.43 bits per heavy atom. The molecule has 1 saturated heterocycles. The number of methoxy groups -OCH3 is 1. The van der Waals surface area contributed by atoms with Crippen molar-refractivity contribution in [3.05, 3.63) is 29.8 Å². The third-order valence-corrected chi connectivity index (χ3v) is 4.81. The highest BCUT2D eigenvalue weighted by Gasteiger charge is 2.31. The van der Waals surface area contributed by atoms with Crippen LogP contribution in [0.2, 0.25) is 0 Å². The van der Waals surface area contributed by atoms with E-state index in [1.54, 1.807) is 7.11 Å². The van der Waals surface area contributed by atoms with Crippen LogP contribution in [0.1, 0.15) is 49.9 Å². The van der Waals surface area contributed by atoms with Crippen molar-refractivity contribution in [2.24, 2.45) is 11.8 Å². The number of carbonyl (C=O) groups excluding carboxylic acids is 2. The van der Waals surface area contributed by atoms with Gasteiger partial charge in [0.15, 0.2) is 5.78 Å². The molecule has 0 saturated carbocycles. The third-order valence-electron chi connectivity index (χ3n) is 4.81. The van der Waals surface area contributed by atoms with Crippen molar-refractivity contribution in [1.82, 2.24) is 4.90 Å². The van der Waals surface area contributed by atoms with Gasteiger partial charge < -0.3 is 9.64 Å². The van der Waals surface area contributed by atoms with Crippen molar-refractivity contribution in [1.29, 1.82) is 0 Å². The third kappa shape index (κ3) is 4.12. The molecule has 126 valence electrons. The normalized spacial score (nSPS) is 18.1. The maximum Gasteiger partial charge on any atom is 0.225 e. The van der Waals surface area contributed by atoms with Crippen LogP contribution in [0.5, 0.6) is 5.75 Å². The monoisotopic (exact) mass is 317 g/mol. The average Bonchev–Trinajstić information content (AvgIpc) is 2.62. The summed E-state index contributed by atoms with van der Waals surface area (Å²) in [6, 6.07) is 7.23. The van der Waals surface area contributed by atoms with E-state index in [2.05, 4.69) is 13.8 Å². The van der Waals surface area contributed by atoms with Gasteiger partial charge in [-0.3, -0.25) is 9.59 Å². The van der Waals surface area contributed by atoms with Gasteiger partial charge in [0, 0.05) is 30.5 Å². The Morgan fingerprint density at radius 1 is 1.22 bits per heavy atom. The maximum absolute atomic E-state index is 12.7. The topological polar surface area (TPSA) is 46.6 Å². The Bertz CT molecular complexity index is 534. The van der Waals surface area contributed by atoms with Gasteiger partial charge in [0.1, 0.15) is 5.75 Å². The standard InChI is InChI=1S/C19H27NO3/c1-4-14(5-2)19(22)20-12-6-7-16(13-20)18(21)15-8-10-17(23-3)11-9-15/h8-11,14,16H,4-7,12-13H2,1-3H3. The van der Waals surface area contributed by atoms with Crippen LogP contribution >= 0.6 is 0 Å². The van der Waals surface area contributed by atoms with E-state index in [4.69, 9.17) is 4.74 Å². The quantitative estimate of drug-likeness (QED) is 0.754. The van der Waals surface area contributed by atoms with Crippen LogP contribution < -0.4 is 4.74 Å². The highest BCUT2D eigenvalue weighted by Crippen LogP contribution is 2.24. The first-order valence-electron chi connectivity index (χ1n) is 8.57. The smallest absolute Gasteiger partial charge is 0.225 e. The second-order valence-electron chi connectivity index (χ2n) is 6.23. The molecule has 4 heteroatoms. The van der Waals surface area contributed by atoms with Crippen molar-refractivity contribution in [3.8, 4) is 5.75 Å². The predicted octanol–water partition coefficient (Wildman–Crippen LogP) is 3.55. The van der Waals surface area contributed by atoms with Crippen LogP contribution in [0.3, 0.4) is 0 Å². The molecule has 0 radical (unpaired) electrons. The zero-order chi connectivity index (χ0) is 16.8. The molecule has 1 fully saturated rings. The van der Waals surface area contributed by atoms with Gasteiger partial charge in [-0.25, -0.2) is 0 Å². The van der Waals surface area contributed by atoms with Gasteiger partial charge in [-0.1, -0.05) is 13.8 Å². The second kappa shape index (κ2) is 8.14. The van der Waals surface area contributed by atoms with Gasteiger partial charge in [0.25, 0.3) is 0 Å². The number of rotatable bonds is 6. The lowest BCUT2D eigenvalue weighted by molar-refractivity contribution is -0.137. The summed E-state index contributed by atoms with van der Waals surface area (Å²) in [6.45, 7) is 5.44. The molecule has 1 amide bonds. The molecule has 1 aliphatic heterocycles. The highest BCUT2D eigenvalue weighted by molar-refractivity contribution is 5.98. The van der Waals surface area contributed by atoms with Crippen molar-refractivity contribution >= 4 is 11.7 Å². The average molecular weight is 317 g/mol. The minimum Gasteiger partial charge on any atom is -0.497 e. The fourth-order valence-corrected chi connectivity index (χ4v) is 3.28. The molecule has 1 heterocycles. The fraction of sp³-hybridized carbons (Fsp3) is 0.579. The van der Waals surface area contributed by atoms with E-state index in [0.29, 0.717) is 12.1 Å². The molecular formula is C19H27NO3. The minimum atomic E-state index is -0.0875. The van der Waals surface area contributed by atoms with Gasteiger partial charge in [0.2, 0.25) is 5.91 Å². The number of ketones is 1. The summed E-state index contributed by atoms with van der Waals surface area (Å²) in [7, 11) is 1.61. The number of Topliss-reactive ketones (excluding diaryl/α,β-unsaturated/α-hetero) is 1. The first kappa shape index (κ1) is 17.5. The largest absolute Gasteiger partial charge is 0.497 e. The van der Waals surface area contributed by atoms with Crippen LogP contribution in [0.15, 0.2) is 24.3 Å². The Labute approximate surface area is 138 Å². The molecule has 1 unspecified atom stereocenters. The molecule has 1 aliphatic rings. The highest BCUT2D eigenvalue weighted by atomic mass is 16.5. The van der Waals surface area contributed by atoms with E-state index >= 15 is 0 Å². The summed E-state index contributed by atoms with van der Waals surface area (Å²) in [4.78, 5) is 27.1. The second-order valence-corrected chi connectivity index (χ2v) is 6.23. The van der Waals surface area contributed by atoms with Gasteiger partial charge in [-0.2, -0.15) is 0 Å². The lowest BCUT2D eigenvalue weighted by Gasteiger charge is -2.34. The minimum absolute atomic E-state index is 0.0875. The van der Waals surface area contributed by atoms with E-state index in [9.17, 15) is 9.59 Å². The number of likely N-dealkylation sites (tertiary alicyclic amines) is 1. The molecule has 0 spiro atoms. The van der Waals surface area contributed by atoms with E-state index < -0.39 is 0 Å². The van der Waals surface area contributed by atoms with Crippen molar-refractivity contribution in [2.75, 3.05) is 20.2 Å². The summed E-state index contributed by atoms with van der Waals surface area (Å²) in [5.41, 5.74) is 0.702. The molecule has 23 heavy (non-hydrogen) atoms. The number of piperidine rings is 1. The van der Waals surface area contributed by atoms with E-state index in [1.807, 2.05) is 29.2 Å². The fourth-order valence-electron chi connectivity index (χ4n) is 3.28. The maximum atomic E-state index is 12.7. The van der Waals surface area contributed by atoms with Crippen LogP contribution in [0, 0.1) is 11.8 Å². The molecule has 0 aliphatic carbocycles. The van der Waals surface area contributed by atoms with Crippen molar-refractivity contribution in [2.45, 2.75) is 39.5 Å². The van der Waals surface area contributed by atoms with Gasteiger partial charge in [0.05, 0.1) is 7.11 Å². The molecular weight excluding hydrogens is 290 g/mol. The summed E-state index contributed by atoms with van der Waals surface area (Å²) in [5.74, 6) is 1.09. The number of hydrogen-bond acceptors (Lipinski definition) is 3. The van der Waals surface area contributed by atoms with Gasteiger partial charge >= 0.3 is 0 Å². The molecule has 4 nitrogen and oxygen atoms in total. The van der Waals surface area contributed by atoms with E-state index in [-0.39, 0.29) is 23.5 Å². The Balaban J connectivity index is 2.04. The number of ether oxygens (including phenoxy) is 1.